The highest BCUT2D eigenvalue weighted by molar-refractivity contribution is 14.0. The SMILES string of the molecule is CN=C(NCc1ccnc(OC(C)CC(C)C)c1)N1CCN(CC(=O)N2CCCC2)CC1.I. The normalized spacial score (nSPS) is 18.3. The lowest BCUT2D eigenvalue weighted by Gasteiger charge is -2.36. The van der Waals surface area contributed by atoms with E-state index >= 15 is 0 Å². The molecular formula is C24H41IN6O2. The Balaban J connectivity index is 0.00000385. The maximum Gasteiger partial charge on any atom is 0.236 e. The van der Waals surface area contributed by atoms with E-state index < -0.39 is 0 Å². The Morgan fingerprint density at radius 3 is 2.45 bits per heavy atom. The van der Waals surface area contributed by atoms with Gasteiger partial charge in [-0.1, -0.05) is 13.8 Å². The molecule has 2 aliphatic heterocycles. The monoisotopic (exact) mass is 572 g/mol. The first-order valence-electron chi connectivity index (χ1n) is 12.0. The van der Waals surface area contributed by atoms with E-state index in [1.54, 1.807) is 6.20 Å². The van der Waals surface area contributed by atoms with Gasteiger partial charge in [0.05, 0.1) is 12.6 Å². The third-order valence-corrected chi connectivity index (χ3v) is 6.08. The number of ether oxygens (including phenoxy) is 1. The van der Waals surface area contributed by atoms with Gasteiger partial charge >= 0.3 is 0 Å². The topological polar surface area (TPSA) is 73.3 Å². The van der Waals surface area contributed by atoms with Crippen LogP contribution in [0.1, 0.15) is 45.6 Å². The third kappa shape index (κ3) is 8.92. The number of carbonyl (C=O) groups is 1. The fourth-order valence-electron chi connectivity index (χ4n) is 4.43. The van der Waals surface area contributed by atoms with Crippen LogP contribution in [0.5, 0.6) is 5.88 Å². The highest BCUT2D eigenvalue weighted by Gasteiger charge is 2.24. The predicted octanol–water partition coefficient (Wildman–Crippen LogP) is 2.83. The summed E-state index contributed by atoms with van der Waals surface area (Å²) in [5, 5.41) is 3.47. The number of hydrogen-bond donors (Lipinski definition) is 1. The first kappa shape index (κ1) is 27.6. The van der Waals surface area contributed by atoms with Crippen molar-refractivity contribution in [2.75, 3.05) is 52.9 Å². The first-order chi connectivity index (χ1) is 15.4. The zero-order chi connectivity index (χ0) is 22.9. The molecule has 0 saturated carbocycles. The van der Waals surface area contributed by atoms with Crippen LogP contribution in [-0.2, 0) is 11.3 Å². The molecule has 1 N–H and O–H groups in total. The van der Waals surface area contributed by atoms with Crippen molar-refractivity contribution >= 4 is 35.8 Å². The Morgan fingerprint density at radius 2 is 1.82 bits per heavy atom. The van der Waals surface area contributed by atoms with E-state index in [9.17, 15) is 4.79 Å². The van der Waals surface area contributed by atoms with Gasteiger partial charge in [-0.25, -0.2) is 4.98 Å². The first-order valence-corrected chi connectivity index (χ1v) is 12.0. The lowest BCUT2D eigenvalue weighted by Crippen LogP contribution is -2.54. The second-order valence-electron chi connectivity index (χ2n) is 9.31. The zero-order valence-corrected chi connectivity index (χ0v) is 23.0. The second kappa shape index (κ2) is 13.9. The van der Waals surface area contributed by atoms with Crippen LogP contribution in [0.4, 0.5) is 0 Å². The number of aromatic nitrogens is 1. The fourth-order valence-corrected chi connectivity index (χ4v) is 4.43. The summed E-state index contributed by atoms with van der Waals surface area (Å²) in [5.74, 6) is 2.43. The number of piperazine rings is 1. The Kier molecular flexibility index (Phi) is 11.7. The summed E-state index contributed by atoms with van der Waals surface area (Å²) in [7, 11) is 1.82. The zero-order valence-electron chi connectivity index (χ0n) is 20.6. The number of likely N-dealkylation sites (tertiary alicyclic amines) is 1. The molecule has 8 nitrogen and oxygen atoms in total. The van der Waals surface area contributed by atoms with Gasteiger partial charge in [-0.15, -0.1) is 24.0 Å². The molecule has 1 amide bonds. The number of halogens is 1. The van der Waals surface area contributed by atoms with Crippen LogP contribution in [0, 0.1) is 5.92 Å². The largest absolute Gasteiger partial charge is 0.475 e. The molecule has 0 spiro atoms. The molecule has 2 fully saturated rings. The molecule has 3 rings (SSSR count). The number of carbonyl (C=O) groups excluding carboxylic acids is 1. The average Bonchev–Trinajstić information content (AvgIpc) is 3.30. The van der Waals surface area contributed by atoms with Gasteiger partial charge in [0.2, 0.25) is 11.8 Å². The van der Waals surface area contributed by atoms with Crippen LogP contribution in [0.3, 0.4) is 0 Å². The van der Waals surface area contributed by atoms with Crippen LogP contribution < -0.4 is 10.1 Å². The molecule has 1 atom stereocenters. The van der Waals surface area contributed by atoms with Crippen molar-refractivity contribution in [3.8, 4) is 5.88 Å². The highest BCUT2D eigenvalue weighted by atomic mass is 127. The van der Waals surface area contributed by atoms with E-state index in [2.05, 4.69) is 45.9 Å². The maximum atomic E-state index is 12.4. The van der Waals surface area contributed by atoms with Crippen molar-refractivity contribution < 1.29 is 9.53 Å². The molecule has 186 valence electrons. The number of pyridine rings is 1. The Labute approximate surface area is 216 Å². The fraction of sp³-hybridized carbons (Fsp3) is 0.708. The Morgan fingerprint density at radius 1 is 1.12 bits per heavy atom. The molecule has 0 aromatic carbocycles. The van der Waals surface area contributed by atoms with Crippen molar-refractivity contribution in [3.63, 3.8) is 0 Å². The van der Waals surface area contributed by atoms with Crippen molar-refractivity contribution in [2.24, 2.45) is 10.9 Å². The average molecular weight is 573 g/mol. The second-order valence-corrected chi connectivity index (χ2v) is 9.31. The van der Waals surface area contributed by atoms with Gasteiger partial charge in [0.1, 0.15) is 0 Å². The standard InChI is InChI=1S/C24H40N6O2.HI/c1-19(2)15-20(3)32-22-16-21(7-8-26-22)17-27-24(25-4)30-13-11-28(12-14-30)18-23(31)29-9-5-6-10-29;/h7-8,16,19-20H,5-6,9-15,17-18H2,1-4H3,(H,25,27);1H. The van der Waals surface area contributed by atoms with Crippen molar-refractivity contribution in [2.45, 2.75) is 52.7 Å². The van der Waals surface area contributed by atoms with Crippen molar-refractivity contribution in [1.82, 2.24) is 25.0 Å². The summed E-state index contributed by atoms with van der Waals surface area (Å²) in [5.41, 5.74) is 1.11. The van der Waals surface area contributed by atoms with E-state index in [1.807, 2.05) is 24.1 Å². The molecule has 1 unspecified atom stereocenters. The number of guanidine groups is 1. The van der Waals surface area contributed by atoms with Crippen LogP contribution in [-0.4, -0.2) is 90.5 Å². The van der Waals surface area contributed by atoms with Gasteiger partial charge in [0.15, 0.2) is 5.96 Å². The summed E-state index contributed by atoms with van der Waals surface area (Å²) in [4.78, 5) is 27.8. The van der Waals surface area contributed by atoms with Gasteiger partial charge < -0.3 is 19.9 Å². The molecule has 1 aromatic heterocycles. The van der Waals surface area contributed by atoms with Crippen molar-refractivity contribution in [1.29, 1.82) is 0 Å². The minimum absolute atomic E-state index is 0. The van der Waals surface area contributed by atoms with E-state index in [4.69, 9.17) is 4.74 Å². The van der Waals surface area contributed by atoms with Crippen LogP contribution in [0.15, 0.2) is 23.3 Å². The van der Waals surface area contributed by atoms with Crippen LogP contribution in [0.25, 0.3) is 0 Å². The lowest BCUT2D eigenvalue weighted by molar-refractivity contribution is -0.131. The van der Waals surface area contributed by atoms with E-state index in [1.165, 1.54) is 0 Å². The van der Waals surface area contributed by atoms with Gasteiger partial charge in [-0.05, 0) is 43.7 Å². The number of rotatable bonds is 8. The van der Waals surface area contributed by atoms with E-state index in [-0.39, 0.29) is 36.0 Å². The van der Waals surface area contributed by atoms with E-state index in [0.29, 0.717) is 24.9 Å². The Bertz CT molecular complexity index is 761. The maximum absolute atomic E-state index is 12.4. The molecule has 2 saturated heterocycles. The molecule has 2 aliphatic rings. The van der Waals surface area contributed by atoms with Gasteiger partial charge in [-0.2, -0.15) is 0 Å². The summed E-state index contributed by atoms with van der Waals surface area (Å²) in [6.45, 7) is 13.0. The van der Waals surface area contributed by atoms with E-state index in [0.717, 1.165) is 70.1 Å². The number of amides is 1. The highest BCUT2D eigenvalue weighted by Crippen LogP contribution is 2.15. The summed E-state index contributed by atoms with van der Waals surface area (Å²) < 4.78 is 5.98. The Hall–Kier alpha value is -1.62. The quantitative estimate of drug-likeness (QED) is 0.294. The smallest absolute Gasteiger partial charge is 0.236 e. The molecule has 33 heavy (non-hydrogen) atoms. The van der Waals surface area contributed by atoms with Crippen molar-refractivity contribution in [3.05, 3.63) is 23.9 Å². The van der Waals surface area contributed by atoms with Crippen LogP contribution >= 0.6 is 24.0 Å². The van der Waals surface area contributed by atoms with Gasteiger partial charge in [-0.3, -0.25) is 14.7 Å². The molecule has 3 heterocycles. The van der Waals surface area contributed by atoms with Gasteiger partial charge in [0, 0.05) is 65.1 Å². The minimum Gasteiger partial charge on any atom is -0.475 e. The molecule has 0 aliphatic carbocycles. The summed E-state index contributed by atoms with van der Waals surface area (Å²) in [6.07, 6.45) is 5.24. The molecular weight excluding hydrogens is 531 g/mol. The molecule has 1 aromatic rings. The number of aliphatic imine (C=N–C) groups is 1. The summed E-state index contributed by atoms with van der Waals surface area (Å²) in [6, 6.07) is 4.00. The lowest BCUT2D eigenvalue weighted by atomic mass is 10.1. The number of nitrogens with zero attached hydrogens (tertiary/aromatic N) is 5. The number of nitrogens with one attached hydrogen (secondary N) is 1. The molecule has 0 bridgehead atoms. The molecule has 0 radical (unpaired) electrons. The van der Waals surface area contributed by atoms with Gasteiger partial charge in [0.25, 0.3) is 0 Å². The number of hydrogen-bond acceptors (Lipinski definition) is 5. The molecule has 9 heteroatoms. The minimum atomic E-state index is 0. The van der Waals surface area contributed by atoms with Crippen LogP contribution in [0.2, 0.25) is 0 Å². The third-order valence-electron chi connectivity index (χ3n) is 6.08. The predicted molar refractivity (Wildman–Crippen MR) is 143 cm³/mol. The summed E-state index contributed by atoms with van der Waals surface area (Å²) >= 11 is 0.